The molecule has 1 fully saturated rings. The topological polar surface area (TPSA) is 35.2 Å². The number of ether oxygens (including phenoxy) is 1. The van der Waals surface area contributed by atoms with Gasteiger partial charge in [-0.25, -0.2) is 0 Å². The molecule has 2 N–H and O–H groups in total. The average Bonchev–Trinajstić information content (AvgIpc) is 2.93. The van der Waals surface area contributed by atoms with Crippen LogP contribution >= 0.6 is 0 Å². The van der Waals surface area contributed by atoms with E-state index in [-0.39, 0.29) is 0 Å². The summed E-state index contributed by atoms with van der Waals surface area (Å²) in [5, 5.41) is 0. The molecular weight excluding hydrogens is 162 g/mol. The largest absolute Gasteiger partial charge is 0.490 e. The lowest BCUT2D eigenvalue weighted by atomic mass is 10.1. The Labute approximate surface area is 78.7 Å². The van der Waals surface area contributed by atoms with Gasteiger partial charge < -0.3 is 10.5 Å². The summed E-state index contributed by atoms with van der Waals surface area (Å²) in [5.41, 5.74) is 7.90. The van der Waals surface area contributed by atoms with Crippen LogP contribution in [0.1, 0.15) is 24.0 Å². The highest BCUT2D eigenvalue weighted by molar-refractivity contribution is 5.36. The molecule has 0 aromatic heterocycles. The molecule has 1 aromatic rings. The van der Waals surface area contributed by atoms with E-state index in [1.807, 2.05) is 6.07 Å². The predicted molar refractivity (Wildman–Crippen MR) is 52.7 cm³/mol. The smallest absolute Gasteiger partial charge is 0.122 e. The summed E-state index contributed by atoms with van der Waals surface area (Å²) in [5.74, 6) is 1.01. The monoisotopic (exact) mass is 177 g/mol. The van der Waals surface area contributed by atoms with Crippen molar-refractivity contribution in [3.8, 4) is 5.75 Å². The van der Waals surface area contributed by atoms with Crippen LogP contribution < -0.4 is 10.5 Å². The molecule has 2 nitrogen and oxygen atoms in total. The molecule has 2 heteroatoms. The Balaban J connectivity index is 2.19. The molecule has 1 aliphatic carbocycles. The Morgan fingerprint density at radius 1 is 1.46 bits per heavy atom. The summed E-state index contributed by atoms with van der Waals surface area (Å²) in [6, 6.07) is 6.17. The summed E-state index contributed by atoms with van der Waals surface area (Å²) < 4.78 is 5.74. The fraction of sp³-hybridized carbons (Fsp3) is 0.455. The van der Waals surface area contributed by atoms with Crippen LogP contribution in [0.2, 0.25) is 0 Å². The third-order valence-corrected chi connectivity index (χ3v) is 2.31. The molecule has 0 spiro atoms. The maximum atomic E-state index is 5.74. The first-order chi connectivity index (χ1) is 6.29. The van der Waals surface area contributed by atoms with E-state index < -0.39 is 0 Å². The van der Waals surface area contributed by atoms with Crippen molar-refractivity contribution in [2.45, 2.75) is 32.4 Å². The number of nitrogens with two attached hydrogens (primary N) is 1. The van der Waals surface area contributed by atoms with Crippen molar-refractivity contribution < 1.29 is 4.74 Å². The fourth-order valence-electron chi connectivity index (χ4n) is 1.26. The second-order valence-electron chi connectivity index (χ2n) is 3.62. The summed E-state index contributed by atoms with van der Waals surface area (Å²) >= 11 is 0. The normalized spacial score (nSPS) is 15.8. The Morgan fingerprint density at radius 3 is 2.85 bits per heavy atom. The molecule has 0 atom stereocenters. The lowest BCUT2D eigenvalue weighted by Crippen LogP contribution is -2.01. The molecule has 13 heavy (non-hydrogen) atoms. The molecule has 70 valence electrons. The van der Waals surface area contributed by atoms with Crippen molar-refractivity contribution in [2.75, 3.05) is 0 Å². The van der Waals surface area contributed by atoms with Gasteiger partial charge in [0.25, 0.3) is 0 Å². The molecule has 2 rings (SSSR count). The fourth-order valence-corrected chi connectivity index (χ4v) is 1.26. The standard InChI is InChI=1S/C11H15NO/c1-8-2-3-9(7-12)6-11(8)13-10-4-5-10/h2-3,6,10H,4-5,7,12H2,1H3. The van der Waals surface area contributed by atoms with Gasteiger partial charge in [0.1, 0.15) is 5.75 Å². The molecule has 0 heterocycles. The zero-order chi connectivity index (χ0) is 9.26. The summed E-state index contributed by atoms with van der Waals surface area (Å²) in [4.78, 5) is 0. The Bertz CT molecular complexity index is 305. The van der Waals surface area contributed by atoms with E-state index in [1.165, 1.54) is 18.4 Å². The molecule has 0 aliphatic heterocycles. The van der Waals surface area contributed by atoms with Crippen LogP contribution in [0, 0.1) is 6.92 Å². The van der Waals surface area contributed by atoms with Gasteiger partial charge in [-0.05, 0) is 37.0 Å². The van der Waals surface area contributed by atoms with Crippen LogP contribution in [0.5, 0.6) is 5.75 Å². The van der Waals surface area contributed by atoms with Crippen molar-refractivity contribution in [2.24, 2.45) is 5.73 Å². The Hall–Kier alpha value is -1.02. The second kappa shape index (κ2) is 3.38. The average molecular weight is 177 g/mol. The minimum Gasteiger partial charge on any atom is -0.490 e. The van der Waals surface area contributed by atoms with Gasteiger partial charge in [-0.2, -0.15) is 0 Å². The van der Waals surface area contributed by atoms with Crippen molar-refractivity contribution in [3.63, 3.8) is 0 Å². The van der Waals surface area contributed by atoms with Gasteiger partial charge in [-0.1, -0.05) is 12.1 Å². The van der Waals surface area contributed by atoms with E-state index in [2.05, 4.69) is 19.1 Å². The van der Waals surface area contributed by atoms with Gasteiger partial charge in [-0.15, -0.1) is 0 Å². The highest BCUT2D eigenvalue weighted by atomic mass is 16.5. The van der Waals surface area contributed by atoms with Gasteiger partial charge in [0, 0.05) is 6.54 Å². The number of rotatable bonds is 3. The van der Waals surface area contributed by atoms with E-state index in [0.29, 0.717) is 12.6 Å². The van der Waals surface area contributed by atoms with Crippen LogP contribution in [0.3, 0.4) is 0 Å². The third kappa shape index (κ3) is 2.01. The zero-order valence-electron chi connectivity index (χ0n) is 7.92. The summed E-state index contributed by atoms with van der Waals surface area (Å²) in [7, 11) is 0. The van der Waals surface area contributed by atoms with E-state index in [4.69, 9.17) is 10.5 Å². The highest BCUT2D eigenvalue weighted by Crippen LogP contribution is 2.29. The minimum atomic E-state index is 0.465. The van der Waals surface area contributed by atoms with E-state index in [0.717, 1.165) is 11.3 Å². The van der Waals surface area contributed by atoms with E-state index >= 15 is 0 Å². The lowest BCUT2D eigenvalue weighted by Gasteiger charge is -2.09. The lowest BCUT2D eigenvalue weighted by molar-refractivity contribution is 0.301. The SMILES string of the molecule is Cc1ccc(CN)cc1OC1CC1. The second-order valence-corrected chi connectivity index (χ2v) is 3.62. The first-order valence-corrected chi connectivity index (χ1v) is 4.76. The Kier molecular flexibility index (Phi) is 2.23. The molecule has 0 amide bonds. The Morgan fingerprint density at radius 2 is 2.23 bits per heavy atom. The van der Waals surface area contributed by atoms with Gasteiger partial charge >= 0.3 is 0 Å². The van der Waals surface area contributed by atoms with Crippen LogP contribution in [0.15, 0.2) is 18.2 Å². The zero-order valence-corrected chi connectivity index (χ0v) is 7.92. The predicted octanol–water partition coefficient (Wildman–Crippen LogP) is 1.99. The number of hydrogen-bond donors (Lipinski definition) is 1. The van der Waals surface area contributed by atoms with Crippen LogP contribution in [-0.4, -0.2) is 6.10 Å². The van der Waals surface area contributed by atoms with Crippen molar-refractivity contribution in [1.82, 2.24) is 0 Å². The van der Waals surface area contributed by atoms with Gasteiger partial charge in [0.15, 0.2) is 0 Å². The molecule has 1 saturated carbocycles. The first kappa shape index (κ1) is 8.57. The van der Waals surface area contributed by atoms with Crippen LogP contribution in [0.4, 0.5) is 0 Å². The minimum absolute atomic E-state index is 0.465. The van der Waals surface area contributed by atoms with Gasteiger partial charge in [-0.3, -0.25) is 0 Å². The summed E-state index contributed by atoms with van der Waals surface area (Å²) in [6.45, 7) is 2.65. The maximum Gasteiger partial charge on any atom is 0.122 e. The van der Waals surface area contributed by atoms with Crippen molar-refractivity contribution >= 4 is 0 Å². The van der Waals surface area contributed by atoms with Crippen LogP contribution in [-0.2, 0) is 6.54 Å². The maximum absolute atomic E-state index is 5.74. The number of aryl methyl sites for hydroxylation is 1. The number of hydrogen-bond acceptors (Lipinski definition) is 2. The first-order valence-electron chi connectivity index (χ1n) is 4.76. The molecule has 0 bridgehead atoms. The van der Waals surface area contributed by atoms with Gasteiger partial charge in [0.05, 0.1) is 6.10 Å². The van der Waals surface area contributed by atoms with Crippen molar-refractivity contribution in [1.29, 1.82) is 0 Å². The summed E-state index contributed by atoms with van der Waals surface area (Å²) in [6.07, 6.45) is 2.87. The highest BCUT2D eigenvalue weighted by Gasteiger charge is 2.24. The molecule has 1 aromatic carbocycles. The molecule has 0 unspecified atom stereocenters. The van der Waals surface area contributed by atoms with E-state index in [9.17, 15) is 0 Å². The molecule has 0 saturated heterocycles. The number of benzene rings is 1. The van der Waals surface area contributed by atoms with E-state index in [1.54, 1.807) is 0 Å². The third-order valence-electron chi connectivity index (χ3n) is 2.31. The molecule has 0 radical (unpaired) electrons. The quantitative estimate of drug-likeness (QED) is 0.766. The van der Waals surface area contributed by atoms with Crippen LogP contribution in [0.25, 0.3) is 0 Å². The molecule has 1 aliphatic rings. The molecular formula is C11H15NO. The van der Waals surface area contributed by atoms with Gasteiger partial charge in [0.2, 0.25) is 0 Å². The van der Waals surface area contributed by atoms with Crippen molar-refractivity contribution in [3.05, 3.63) is 29.3 Å².